The van der Waals surface area contributed by atoms with Crippen molar-refractivity contribution >= 4 is 65.6 Å². The van der Waals surface area contributed by atoms with E-state index in [9.17, 15) is 0 Å². The van der Waals surface area contributed by atoms with Gasteiger partial charge in [0.05, 0.1) is 11.4 Å². The summed E-state index contributed by atoms with van der Waals surface area (Å²) in [4.78, 5) is 11.7. The number of rotatable bonds is 34. The maximum Gasteiger partial charge on any atom is 0.160 e. The number of aromatic nitrogens is 2. The molecule has 3 nitrogen and oxygen atoms in total. The number of unbranched alkanes of at least 4 members (excludes halogenated alkanes) is 20. The van der Waals surface area contributed by atoms with Crippen LogP contribution in [0.3, 0.4) is 0 Å². The summed E-state index contributed by atoms with van der Waals surface area (Å²) in [7, 11) is 0. The highest BCUT2D eigenvalue weighted by Crippen LogP contribution is 2.58. The summed E-state index contributed by atoms with van der Waals surface area (Å²) in [5.41, 5.74) is 26.4. The van der Waals surface area contributed by atoms with E-state index >= 15 is 0 Å². The van der Waals surface area contributed by atoms with Gasteiger partial charge in [-0.15, -0.1) is 11.3 Å². The summed E-state index contributed by atoms with van der Waals surface area (Å²) in [5.74, 6) is 0.768. The molecule has 0 atom stereocenters. The zero-order valence-corrected chi connectivity index (χ0v) is 61.8. The second-order valence-electron chi connectivity index (χ2n) is 30.1. The first-order valence-electron chi connectivity index (χ1n) is 39.3. The molecular weight excluding hydrogens is 1230 g/mol. The van der Waals surface area contributed by atoms with Crippen LogP contribution in [0.2, 0.25) is 0 Å². The topological polar surface area (TPSA) is 38.9 Å². The van der Waals surface area contributed by atoms with Crippen LogP contribution in [0.4, 0.5) is 0 Å². The van der Waals surface area contributed by atoms with E-state index < -0.39 is 0 Å². The lowest BCUT2D eigenvalue weighted by atomic mass is 9.70. The number of para-hydroxylation sites is 1. The van der Waals surface area contributed by atoms with E-state index in [1.165, 1.54) is 271 Å². The SMILES string of the molecule is CCCCCCCCC1(CCCCCCCC)c2cc(C)ccc2-c2ccc(-c3cc(-c4ccc5c(c4)C(CCCCCCCC)(CCCCCCCC)c4cc(-c6ccc(/C=C/c7ccc(C)cc7)cc6)ccc4-5)nc(-c4ccc5sc6cc7oc8ccccc8c7cc6c5c4)n3)cc21. The van der Waals surface area contributed by atoms with Crippen LogP contribution < -0.4 is 0 Å². The number of thiophene rings is 1. The number of benzene rings is 9. The number of furan rings is 1. The van der Waals surface area contributed by atoms with Crippen molar-refractivity contribution in [2.75, 3.05) is 0 Å². The third kappa shape index (κ3) is 14.5. The molecule has 12 aromatic rings. The highest BCUT2D eigenvalue weighted by atomic mass is 32.1. The van der Waals surface area contributed by atoms with Gasteiger partial charge in [-0.3, -0.25) is 0 Å². The summed E-state index contributed by atoms with van der Waals surface area (Å²) in [6.45, 7) is 13.8. The Bertz CT molecular complexity index is 4790. The van der Waals surface area contributed by atoms with Crippen molar-refractivity contribution in [2.45, 2.75) is 232 Å². The second kappa shape index (κ2) is 31.8. The van der Waals surface area contributed by atoms with Gasteiger partial charge < -0.3 is 4.42 Å². The van der Waals surface area contributed by atoms with Crippen LogP contribution in [0.25, 0.3) is 122 Å². The monoisotopic (exact) mass is 1330 g/mol. The molecule has 0 saturated carbocycles. The molecule has 0 radical (unpaired) electrons. The Morgan fingerprint density at radius 2 is 0.740 bits per heavy atom. The lowest BCUT2D eigenvalue weighted by Crippen LogP contribution is -2.26. The molecule has 100 heavy (non-hydrogen) atoms. The van der Waals surface area contributed by atoms with Crippen molar-refractivity contribution in [1.29, 1.82) is 0 Å². The van der Waals surface area contributed by atoms with Gasteiger partial charge in [-0.05, 0) is 167 Å². The third-order valence-corrected chi connectivity index (χ3v) is 24.2. The average molecular weight is 1340 g/mol. The molecule has 0 amide bonds. The Morgan fingerprint density at radius 1 is 0.320 bits per heavy atom. The molecular formula is C96H106N2OS. The van der Waals surface area contributed by atoms with Gasteiger partial charge in [-0.1, -0.05) is 326 Å². The minimum Gasteiger partial charge on any atom is -0.456 e. The number of aryl methyl sites for hydroxylation is 2. The van der Waals surface area contributed by atoms with Gasteiger partial charge in [0.15, 0.2) is 5.82 Å². The summed E-state index contributed by atoms with van der Waals surface area (Å²) in [6, 6.07) is 70.4. The largest absolute Gasteiger partial charge is 0.456 e. The van der Waals surface area contributed by atoms with E-state index in [4.69, 9.17) is 14.4 Å². The maximum atomic E-state index is 6.46. The highest BCUT2D eigenvalue weighted by Gasteiger charge is 2.44. The lowest BCUT2D eigenvalue weighted by Gasteiger charge is -2.33. The number of hydrogen-bond donors (Lipinski definition) is 0. The summed E-state index contributed by atoms with van der Waals surface area (Å²) in [6.07, 6.45) is 39.9. The van der Waals surface area contributed by atoms with Gasteiger partial charge in [0.1, 0.15) is 11.2 Å². The maximum absolute atomic E-state index is 6.46. The Hall–Kier alpha value is -8.18. The average Bonchev–Trinajstić information content (AvgIpc) is 1.57. The Morgan fingerprint density at radius 3 is 1.27 bits per heavy atom. The van der Waals surface area contributed by atoms with Crippen LogP contribution >= 0.6 is 11.3 Å². The van der Waals surface area contributed by atoms with E-state index in [0.29, 0.717) is 0 Å². The molecule has 0 spiro atoms. The molecule has 3 heterocycles. The fourth-order valence-electron chi connectivity index (χ4n) is 17.4. The third-order valence-electron chi connectivity index (χ3n) is 23.0. The molecule has 0 aliphatic heterocycles. The van der Waals surface area contributed by atoms with Crippen molar-refractivity contribution in [1.82, 2.24) is 9.97 Å². The zero-order chi connectivity index (χ0) is 68.4. The smallest absolute Gasteiger partial charge is 0.160 e. The molecule has 0 unspecified atom stereocenters. The standard InChI is InChI=1S/C96H106N2OS/c1-7-11-15-19-23-29-55-95(56-30-24-20-16-12-8-2)84-59-68(6)37-50-76(84)78-52-47-73(62-86(78)95)88-65-89(98-94(97-88)75-49-54-92-82(60-75)83-64-81-80-33-27-28-34-90(80)99-91(81)66-93(83)100-92)74-48-53-79-77-51-46-72(71-44-42-70(43-45-71)41-40-69-38-35-67(5)36-39-69)61-85(77)96(87(79)63-74,57-31-25-21-17-13-9-3)58-32-26-22-18-14-10-4/h27-28,33-54,59-66H,7-26,29-32,55-58H2,1-6H3/b41-40+. The molecule has 0 fully saturated rings. The van der Waals surface area contributed by atoms with E-state index in [0.717, 1.165) is 57.6 Å². The summed E-state index contributed by atoms with van der Waals surface area (Å²) >= 11 is 1.84. The van der Waals surface area contributed by atoms with Gasteiger partial charge >= 0.3 is 0 Å². The first kappa shape index (κ1) is 68.9. The van der Waals surface area contributed by atoms with Crippen molar-refractivity contribution in [3.8, 4) is 67.3 Å². The quantitative estimate of drug-likeness (QED) is 0.0298. The van der Waals surface area contributed by atoms with Crippen LogP contribution in [-0.4, -0.2) is 9.97 Å². The van der Waals surface area contributed by atoms with Crippen LogP contribution in [0.5, 0.6) is 0 Å². The van der Waals surface area contributed by atoms with Crippen molar-refractivity contribution in [2.24, 2.45) is 0 Å². The van der Waals surface area contributed by atoms with Crippen LogP contribution in [0.15, 0.2) is 186 Å². The lowest BCUT2D eigenvalue weighted by molar-refractivity contribution is 0.398. The molecule has 4 heteroatoms. The van der Waals surface area contributed by atoms with Crippen molar-refractivity contribution in [3.05, 3.63) is 226 Å². The number of fused-ring (bicyclic) bond motifs is 12. The van der Waals surface area contributed by atoms with Gasteiger partial charge in [0, 0.05) is 58.5 Å². The minimum atomic E-state index is -0.152. The predicted octanol–water partition coefficient (Wildman–Crippen LogP) is 29.7. The molecule has 0 saturated heterocycles. The fourth-order valence-corrected chi connectivity index (χ4v) is 18.5. The normalized spacial score (nSPS) is 13.5. The zero-order valence-electron chi connectivity index (χ0n) is 61.0. The summed E-state index contributed by atoms with van der Waals surface area (Å²) in [5, 5.41) is 4.78. The van der Waals surface area contributed by atoms with Crippen LogP contribution in [0, 0.1) is 13.8 Å². The summed E-state index contributed by atoms with van der Waals surface area (Å²) < 4.78 is 8.94. The van der Waals surface area contributed by atoms with Gasteiger partial charge in [-0.2, -0.15) is 0 Å². The molecule has 2 aliphatic carbocycles. The minimum absolute atomic E-state index is 0.0649. The Kier molecular flexibility index (Phi) is 21.9. The Labute approximate surface area is 602 Å². The van der Waals surface area contributed by atoms with E-state index in [-0.39, 0.29) is 10.8 Å². The van der Waals surface area contributed by atoms with Gasteiger partial charge in [0.25, 0.3) is 0 Å². The molecule has 14 rings (SSSR count). The first-order valence-corrected chi connectivity index (χ1v) is 40.1. The first-order chi connectivity index (χ1) is 49.2. The number of nitrogens with zero attached hydrogens (tertiary/aromatic N) is 2. The van der Waals surface area contributed by atoms with E-state index in [2.05, 4.69) is 236 Å². The van der Waals surface area contributed by atoms with E-state index in [1.54, 1.807) is 5.56 Å². The molecule has 0 N–H and O–H groups in total. The molecule has 3 aromatic heterocycles. The number of hydrogen-bond acceptors (Lipinski definition) is 4. The molecule has 0 bridgehead atoms. The predicted molar refractivity (Wildman–Crippen MR) is 433 cm³/mol. The van der Waals surface area contributed by atoms with Crippen LogP contribution in [0.1, 0.15) is 252 Å². The molecule has 512 valence electrons. The second-order valence-corrected chi connectivity index (χ2v) is 31.2. The fraction of sp³-hybridized carbons (Fsp3) is 0.375. The van der Waals surface area contributed by atoms with E-state index in [1.807, 2.05) is 11.3 Å². The Balaban J connectivity index is 0.912. The molecule has 9 aromatic carbocycles. The molecule has 2 aliphatic rings. The van der Waals surface area contributed by atoms with Crippen LogP contribution in [-0.2, 0) is 10.8 Å². The highest BCUT2D eigenvalue weighted by molar-refractivity contribution is 7.25. The van der Waals surface area contributed by atoms with Crippen molar-refractivity contribution < 1.29 is 4.42 Å². The van der Waals surface area contributed by atoms with Gasteiger partial charge in [-0.25, -0.2) is 9.97 Å². The van der Waals surface area contributed by atoms with Gasteiger partial charge in [0.2, 0.25) is 0 Å². The van der Waals surface area contributed by atoms with Crippen molar-refractivity contribution in [3.63, 3.8) is 0 Å².